The molecule has 0 atom stereocenters. The number of nitrogens with two attached hydrogens (primary N) is 1. The van der Waals surface area contributed by atoms with Crippen LogP contribution >= 0.6 is 0 Å². The van der Waals surface area contributed by atoms with Crippen molar-refractivity contribution in [3.05, 3.63) is 12.3 Å². The Hall–Kier alpha value is -0.460. The monoisotopic (exact) mass is 407 g/mol. The molecule has 0 unspecified atom stereocenters. The van der Waals surface area contributed by atoms with Gasteiger partial charge in [-0.3, -0.25) is 0 Å². The van der Waals surface area contributed by atoms with Gasteiger partial charge < -0.3 is 5.73 Å². The minimum Gasteiger partial charge on any atom is -0.405 e. The van der Waals surface area contributed by atoms with Crippen molar-refractivity contribution >= 4 is 0 Å². The van der Waals surface area contributed by atoms with Crippen LogP contribution in [0.2, 0.25) is 0 Å². The van der Waals surface area contributed by atoms with Gasteiger partial charge in [-0.2, -0.15) is 0 Å². The van der Waals surface area contributed by atoms with Crippen LogP contribution in [0.1, 0.15) is 167 Å². The summed E-state index contributed by atoms with van der Waals surface area (Å²) in [5.74, 6) is 0. The fourth-order valence-corrected chi connectivity index (χ4v) is 4.32. The van der Waals surface area contributed by atoms with E-state index in [0.29, 0.717) is 0 Å². The van der Waals surface area contributed by atoms with E-state index in [4.69, 9.17) is 5.73 Å². The first-order chi connectivity index (χ1) is 14.4. The predicted octanol–water partition coefficient (Wildman–Crippen LogP) is 10.2. The van der Waals surface area contributed by atoms with Crippen molar-refractivity contribution in [2.45, 2.75) is 167 Å². The van der Waals surface area contributed by atoms with Gasteiger partial charge in [0.15, 0.2) is 0 Å². The number of allylic oxidation sites excluding steroid dienone is 1. The van der Waals surface area contributed by atoms with Crippen LogP contribution in [0.4, 0.5) is 0 Å². The van der Waals surface area contributed by atoms with E-state index < -0.39 is 0 Å². The van der Waals surface area contributed by atoms with Gasteiger partial charge in [0.05, 0.1) is 0 Å². The van der Waals surface area contributed by atoms with E-state index in [1.807, 2.05) is 0 Å². The summed E-state index contributed by atoms with van der Waals surface area (Å²) in [6.07, 6.45) is 39.9. The van der Waals surface area contributed by atoms with Gasteiger partial charge >= 0.3 is 0 Å². The van der Waals surface area contributed by atoms with Gasteiger partial charge in [-0.05, 0) is 19.0 Å². The second kappa shape index (κ2) is 27.5. The molecule has 0 saturated heterocycles. The van der Waals surface area contributed by atoms with Gasteiger partial charge in [-0.25, -0.2) is 0 Å². The van der Waals surface area contributed by atoms with Gasteiger partial charge in [-0.1, -0.05) is 161 Å². The lowest BCUT2D eigenvalue weighted by molar-refractivity contribution is 0.517. The molecular formula is C28H57N. The first kappa shape index (κ1) is 28.5. The Balaban J connectivity index is 2.98. The summed E-state index contributed by atoms with van der Waals surface area (Å²) >= 11 is 0. The van der Waals surface area contributed by atoms with E-state index in [2.05, 4.69) is 13.0 Å². The minimum atomic E-state index is 1.16. The van der Waals surface area contributed by atoms with E-state index in [0.717, 1.165) is 6.42 Å². The quantitative estimate of drug-likeness (QED) is 0.150. The highest BCUT2D eigenvalue weighted by atomic mass is 14.5. The Labute approximate surface area is 185 Å². The molecule has 0 radical (unpaired) electrons. The molecule has 0 rings (SSSR count). The zero-order chi connectivity index (χ0) is 21.1. The van der Waals surface area contributed by atoms with Gasteiger partial charge in [0.1, 0.15) is 0 Å². The highest BCUT2D eigenvalue weighted by Crippen LogP contribution is 2.15. The van der Waals surface area contributed by atoms with Crippen molar-refractivity contribution in [2.24, 2.45) is 5.73 Å². The lowest BCUT2D eigenvalue weighted by atomic mass is 10.0. The first-order valence-electron chi connectivity index (χ1n) is 13.8. The molecular weight excluding hydrogens is 350 g/mol. The Morgan fingerprint density at radius 1 is 0.379 bits per heavy atom. The number of unbranched alkanes of at least 4 members (excludes halogenated alkanes) is 24. The molecule has 0 aromatic heterocycles. The van der Waals surface area contributed by atoms with Crippen LogP contribution in [-0.2, 0) is 0 Å². The third-order valence-corrected chi connectivity index (χ3v) is 6.36. The maximum Gasteiger partial charge on any atom is -0.0103 e. The molecule has 0 aliphatic rings. The first-order valence-corrected chi connectivity index (χ1v) is 13.8. The molecule has 0 amide bonds. The Morgan fingerprint density at radius 2 is 0.621 bits per heavy atom. The van der Waals surface area contributed by atoms with Crippen LogP contribution in [0.5, 0.6) is 0 Å². The van der Waals surface area contributed by atoms with Gasteiger partial charge in [0.25, 0.3) is 0 Å². The number of hydrogen-bond acceptors (Lipinski definition) is 1. The maximum absolute atomic E-state index is 5.35. The molecule has 0 heterocycles. The number of hydrogen-bond donors (Lipinski definition) is 1. The second-order valence-corrected chi connectivity index (χ2v) is 9.35. The van der Waals surface area contributed by atoms with Gasteiger partial charge in [-0.15, -0.1) is 0 Å². The molecule has 29 heavy (non-hydrogen) atoms. The summed E-state index contributed by atoms with van der Waals surface area (Å²) in [5.41, 5.74) is 5.35. The fourth-order valence-electron chi connectivity index (χ4n) is 4.32. The van der Waals surface area contributed by atoms with Crippen LogP contribution < -0.4 is 5.73 Å². The van der Waals surface area contributed by atoms with Crippen molar-refractivity contribution in [1.82, 2.24) is 0 Å². The number of rotatable bonds is 25. The van der Waals surface area contributed by atoms with Crippen molar-refractivity contribution < 1.29 is 0 Å². The van der Waals surface area contributed by atoms with E-state index in [9.17, 15) is 0 Å². The molecule has 2 N–H and O–H groups in total. The van der Waals surface area contributed by atoms with E-state index in [1.54, 1.807) is 6.20 Å². The Kier molecular flexibility index (Phi) is 27.1. The van der Waals surface area contributed by atoms with Crippen LogP contribution in [-0.4, -0.2) is 0 Å². The van der Waals surface area contributed by atoms with Crippen molar-refractivity contribution in [3.8, 4) is 0 Å². The minimum absolute atomic E-state index is 1.16. The van der Waals surface area contributed by atoms with E-state index in [-0.39, 0.29) is 0 Å². The summed E-state index contributed by atoms with van der Waals surface area (Å²) in [7, 11) is 0. The summed E-state index contributed by atoms with van der Waals surface area (Å²) in [5, 5.41) is 0. The highest BCUT2D eigenvalue weighted by Gasteiger charge is 1.96. The molecule has 0 aromatic rings. The average Bonchev–Trinajstić information content (AvgIpc) is 2.74. The van der Waals surface area contributed by atoms with Crippen LogP contribution in [0.3, 0.4) is 0 Å². The third-order valence-electron chi connectivity index (χ3n) is 6.36. The highest BCUT2D eigenvalue weighted by molar-refractivity contribution is 4.74. The molecule has 174 valence electrons. The summed E-state index contributed by atoms with van der Waals surface area (Å²) < 4.78 is 0. The zero-order valence-corrected chi connectivity index (χ0v) is 20.4. The van der Waals surface area contributed by atoms with Crippen molar-refractivity contribution in [3.63, 3.8) is 0 Å². The predicted molar refractivity (Wildman–Crippen MR) is 134 cm³/mol. The standard InChI is InChI=1S/C28H57N/c1-2-3-4-5-6-7-8-9-10-11-12-13-14-15-16-17-18-19-20-21-22-23-24-25-26-27-28-29/h27-28H,2-26,29H2,1H3/b28-27+. The third kappa shape index (κ3) is 27.5. The van der Waals surface area contributed by atoms with E-state index in [1.165, 1.54) is 154 Å². The normalized spacial score (nSPS) is 11.6. The molecule has 0 bridgehead atoms. The van der Waals surface area contributed by atoms with Crippen LogP contribution in [0.15, 0.2) is 12.3 Å². The molecule has 0 saturated carbocycles. The summed E-state index contributed by atoms with van der Waals surface area (Å²) in [6.45, 7) is 2.30. The smallest absolute Gasteiger partial charge is 0.0103 e. The van der Waals surface area contributed by atoms with Crippen molar-refractivity contribution in [2.75, 3.05) is 0 Å². The SMILES string of the molecule is CCCCCCCCCCCCCCCCCCCCCCCCCC/C=C/N. The molecule has 0 aliphatic heterocycles. The van der Waals surface area contributed by atoms with Crippen LogP contribution in [0.25, 0.3) is 0 Å². The maximum atomic E-state index is 5.35. The fraction of sp³-hybridized carbons (Fsp3) is 0.929. The lowest BCUT2D eigenvalue weighted by Gasteiger charge is -2.04. The lowest BCUT2D eigenvalue weighted by Crippen LogP contribution is -1.84. The zero-order valence-electron chi connectivity index (χ0n) is 20.4. The van der Waals surface area contributed by atoms with Gasteiger partial charge in [0.2, 0.25) is 0 Å². The molecule has 0 spiro atoms. The summed E-state index contributed by atoms with van der Waals surface area (Å²) in [6, 6.07) is 0. The molecule has 0 aliphatic carbocycles. The Bertz CT molecular complexity index is 297. The molecule has 0 aromatic carbocycles. The molecule has 1 nitrogen and oxygen atoms in total. The topological polar surface area (TPSA) is 26.0 Å². The summed E-state index contributed by atoms with van der Waals surface area (Å²) in [4.78, 5) is 0. The second-order valence-electron chi connectivity index (χ2n) is 9.35. The average molecular weight is 408 g/mol. The van der Waals surface area contributed by atoms with Gasteiger partial charge in [0, 0.05) is 0 Å². The molecule has 0 fully saturated rings. The van der Waals surface area contributed by atoms with Crippen molar-refractivity contribution in [1.29, 1.82) is 0 Å². The largest absolute Gasteiger partial charge is 0.405 e. The van der Waals surface area contributed by atoms with Crippen LogP contribution in [0, 0.1) is 0 Å². The van der Waals surface area contributed by atoms with E-state index >= 15 is 0 Å². The Morgan fingerprint density at radius 3 is 0.862 bits per heavy atom. The molecule has 1 heteroatoms.